The molecule has 0 unspecified atom stereocenters. The summed E-state index contributed by atoms with van der Waals surface area (Å²) < 4.78 is 14.9. The van der Waals surface area contributed by atoms with Crippen molar-refractivity contribution >= 4 is 28.1 Å². The summed E-state index contributed by atoms with van der Waals surface area (Å²) in [6, 6.07) is 2.04. The van der Waals surface area contributed by atoms with Crippen molar-refractivity contribution in [3.8, 4) is 6.07 Å². The summed E-state index contributed by atoms with van der Waals surface area (Å²) in [5.74, 6) is 1.13. The van der Waals surface area contributed by atoms with Crippen LogP contribution in [0.3, 0.4) is 0 Å². The maximum absolute atomic E-state index is 9.01. The second kappa shape index (κ2) is 5.97. The van der Waals surface area contributed by atoms with Crippen LogP contribution in [0.4, 0.5) is 5.00 Å². The number of nitrogens with zero attached hydrogens (tertiary/aromatic N) is 4. The Balaban J connectivity index is 1.57. The van der Waals surface area contributed by atoms with Crippen LogP contribution in [-0.4, -0.2) is 27.2 Å². The van der Waals surface area contributed by atoms with Gasteiger partial charge in [-0.05, 0) is 31.3 Å². The van der Waals surface area contributed by atoms with E-state index in [1.165, 1.54) is 11.5 Å². The Morgan fingerprint density at radius 1 is 1.52 bits per heavy atom. The molecule has 7 nitrogen and oxygen atoms in total. The fourth-order valence-electron chi connectivity index (χ4n) is 2.18. The predicted molar refractivity (Wildman–Crippen MR) is 76.2 cm³/mol. The minimum Gasteiger partial charge on any atom is -0.372 e. The van der Waals surface area contributed by atoms with E-state index in [-0.39, 0.29) is 17.4 Å². The van der Waals surface area contributed by atoms with Crippen molar-refractivity contribution in [2.45, 2.75) is 32.0 Å². The van der Waals surface area contributed by atoms with Gasteiger partial charge in [0.25, 0.3) is 5.89 Å². The van der Waals surface area contributed by atoms with Crippen LogP contribution in [0.2, 0.25) is 5.15 Å². The van der Waals surface area contributed by atoms with Crippen molar-refractivity contribution in [2.75, 3.05) is 11.9 Å². The Morgan fingerprint density at radius 2 is 2.38 bits per heavy atom. The Kier molecular flexibility index (Phi) is 4.05. The topological polar surface area (TPSA) is 96.9 Å². The number of halogens is 1. The molecular weight excluding hydrogens is 314 g/mol. The van der Waals surface area contributed by atoms with Crippen molar-refractivity contribution in [2.24, 2.45) is 0 Å². The molecular formula is C12H12ClN5O2S. The summed E-state index contributed by atoms with van der Waals surface area (Å²) >= 11 is 7.00. The maximum Gasteiger partial charge on any atom is 0.255 e. The smallest absolute Gasteiger partial charge is 0.255 e. The van der Waals surface area contributed by atoms with E-state index in [9.17, 15) is 0 Å². The van der Waals surface area contributed by atoms with E-state index in [2.05, 4.69) is 19.8 Å². The number of hydrogen-bond acceptors (Lipinski definition) is 8. The Hall–Kier alpha value is -1.69. The van der Waals surface area contributed by atoms with Gasteiger partial charge < -0.3 is 14.6 Å². The number of nitrogens with one attached hydrogen (secondary N) is 1. The van der Waals surface area contributed by atoms with E-state index < -0.39 is 0 Å². The highest BCUT2D eigenvalue weighted by molar-refractivity contribution is 7.10. The summed E-state index contributed by atoms with van der Waals surface area (Å²) in [5, 5.41) is 16.8. The summed E-state index contributed by atoms with van der Waals surface area (Å²) in [6.45, 7) is 2.36. The summed E-state index contributed by atoms with van der Waals surface area (Å²) in [7, 11) is 0. The number of hydrogen-bond donors (Lipinski definition) is 1. The number of ether oxygens (including phenoxy) is 1. The van der Waals surface area contributed by atoms with E-state index in [1.807, 2.05) is 6.07 Å². The van der Waals surface area contributed by atoms with Gasteiger partial charge in [-0.15, -0.1) is 0 Å². The van der Waals surface area contributed by atoms with Gasteiger partial charge in [0.15, 0.2) is 11.0 Å². The normalized spacial score (nSPS) is 21.4. The summed E-state index contributed by atoms with van der Waals surface area (Å²) in [5.41, 5.74) is 0.378. The zero-order valence-electron chi connectivity index (χ0n) is 11.2. The zero-order chi connectivity index (χ0) is 14.8. The Labute approximate surface area is 130 Å². The van der Waals surface area contributed by atoms with E-state index in [0.717, 1.165) is 12.8 Å². The molecule has 1 N–H and O–H groups in total. The highest BCUT2D eigenvalue weighted by Gasteiger charge is 2.30. The van der Waals surface area contributed by atoms with Crippen molar-refractivity contribution in [3.63, 3.8) is 0 Å². The SMILES string of the molecule is Cc1noc([C@@H]2CC[C@H](CNc3snc(Cl)c3C#N)O2)n1. The van der Waals surface area contributed by atoms with Crippen LogP contribution in [0.1, 0.15) is 36.2 Å². The van der Waals surface area contributed by atoms with E-state index >= 15 is 0 Å². The largest absolute Gasteiger partial charge is 0.372 e. The fraction of sp³-hybridized carbons (Fsp3) is 0.500. The minimum absolute atomic E-state index is 0.0228. The minimum atomic E-state index is -0.154. The van der Waals surface area contributed by atoms with Crippen LogP contribution in [0, 0.1) is 18.3 Å². The third-order valence-corrected chi connectivity index (χ3v) is 4.36. The van der Waals surface area contributed by atoms with Gasteiger partial charge in [-0.2, -0.15) is 14.6 Å². The first-order valence-electron chi connectivity index (χ1n) is 6.42. The number of anilines is 1. The van der Waals surface area contributed by atoms with Gasteiger partial charge in [-0.3, -0.25) is 0 Å². The lowest BCUT2D eigenvalue weighted by molar-refractivity contribution is 0.0327. The molecule has 2 aromatic rings. The number of aromatic nitrogens is 3. The molecule has 21 heavy (non-hydrogen) atoms. The third kappa shape index (κ3) is 3.00. The first-order chi connectivity index (χ1) is 10.2. The second-order valence-corrected chi connectivity index (χ2v) is 5.81. The van der Waals surface area contributed by atoms with Crippen molar-refractivity contribution in [1.29, 1.82) is 5.26 Å². The monoisotopic (exact) mass is 325 g/mol. The van der Waals surface area contributed by atoms with Gasteiger partial charge in [0, 0.05) is 6.54 Å². The van der Waals surface area contributed by atoms with Crippen molar-refractivity contribution in [3.05, 3.63) is 22.4 Å². The molecule has 0 aromatic carbocycles. The van der Waals surface area contributed by atoms with Crippen molar-refractivity contribution < 1.29 is 9.26 Å². The van der Waals surface area contributed by atoms with E-state index in [0.29, 0.717) is 28.8 Å². The summed E-state index contributed by atoms with van der Waals surface area (Å²) in [6.07, 6.45) is 1.59. The molecule has 2 aromatic heterocycles. The van der Waals surface area contributed by atoms with Crippen LogP contribution in [-0.2, 0) is 4.74 Å². The number of nitriles is 1. The maximum atomic E-state index is 9.01. The molecule has 2 atom stereocenters. The molecule has 1 aliphatic heterocycles. The highest BCUT2D eigenvalue weighted by atomic mass is 35.5. The molecule has 1 saturated heterocycles. The third-order valence-electron chi connectivity index (χ3n) is 3.18. The van der Waals surface area contributed by atoms with Gasteiger partial charge >= 0.3 is 0 Å². The molecule has 3 rings (SSSR count). The van der Waals surface area contributed by atoms with Gasteiger partial charge in [-0.25, -0.2) is 0 Å². The molecule has 0 aliphatic carbocycles. The van der Waals surface area contributed by atoms with Crippen LogP contribution >= 0.6 is 23.1 Å². The lowest BCUT2D eigenvalue weighted by atomic mass is 10.2. The van der Waals surface area contributed by atoms with E-state index in [1.54, 1.807) is 6.92 Å². The quantitative estimate of drug-likeness (QED) is 0.922. The molecule has 9 heteroatoms. The molecule has 1 aliphatic rings. The second-order valence-electron chi connectivity index (χ2n) is 4.67. The van der Waals surface area contributed by atoms with Crippen LogP contribution in [0.15, 0.2) is 4.52 Å². The van der Waals surface area contributed by atoms with Crippen LogP contribution in [0.5, 0.6) is 0 Å². The molecule has 0 bridgehead atoms. The van der Waals surface area contributed by atoms with Crippen LogP contribution < -0.4 is 5.32 Å². The summed E-state index contributed by atoms with van der Waals surface area (Å²) in [4.78, 5) is 4.18. The number of rotatable bonds is 4. The van der Waals surface area contributed by atoms with Gasteiger partial charge in [0.2, 0.25) is 0 Å². The molecule has 3 heterocycles. The van der Waals surface area contributed by atoms with Gasteiger partial charge in [-0.1, -0.05) is 16.8 Å². The Morgan fingerprint density at radius 3 is 3.10 bits per heavy atom. The molecule has 1 fully saturated rings. The van der Waals surface area contributed by atoms with Gasteiger partial charge in [0.1, 0.15) is 22.7 Å². The first-order valence-corrected chi connectivity index (χ1v) is 7.57. The molecule has 0 spiro atoms. The lowest BCUT2D eigenvalue weighted by Gasteiger charge is -2.12. The molecule has 0 saturated carbocycles. The van der Waals surface area contributed by atoms with E-state index in [4.69, 9.17) is 26.1 Å². The van der Waals surface area contributed by atoms with Crippen molar-refractivity contribution in [1.82, 2.24) is 14.5 Å². The van der Waals surface area contributed by atoms with Gasteiger partial charge in [0.05, 0.1) is 6.10 Å². The molecule has 110 valence electrons. The molecule has 0 radical (unpaired) electrons. The zero-order valence-corrected chi connectivity index (χ0v) is 12.7. The standard InChI is InChI=1S/C12H12ClN5O2S/c1-6-16-11(20-17-6)9-3-2-7(19-9)5-15-12-8(4-14)10(13)18-21-12/h7,9,15H,2-3,5H2,1H3/t7-,9+/m1/s1. The predicted octanol–water partition coefficient (Wildman–Crippen LogP) is 2.69. The Bertz CT molecular complexity index is 679. The number of aryl methyl sites for hydroxylation is 1. The lowest BCUT2D eigenvalue weighted by Crippen LogP contribution is -2.19. The average Bonchev–Trinajstić information content (AvgIpc) is 3.16. The first kappa shape index (κ1) is 14.3. The van der Waals surface area contributed by atoms with Crippen LogP contribution in [0.25, 0.3) is 0 Å². The highest BCUT2D eigenvalue weighted by Crippen LogP contribution is 2.33. The average molecular weight is 326 g/mol. The molecule has 0 amide bonds. The fourth-order valence-corrected chi connectivity index (χ4v) is 3.12.